The lowest BCUT2D eigenvalue weighted by molar-refractivity contribution is 0.0709. The molecule has 0 unspecified atom stereocenters. The van der Waals surface area contributed by atoms with Gasteiger partial charge in [-0.3, -0.25) is 4.79 Å². The molecule has 1 aromatic rings. The molecular weight excluding hydrogens is 236 g/mol. The van der Waals surface area contributed by atoms with Crippen molar-refractivity contribution in [3.8, 4) is 0 Å². The molecule has 1 aliphatic heterocycles. The Bertz CT molecular complexity index is 433. The van der Waals surface area contributed by atoms with Gasteiger partial charge in [-0.2, -0.15) is 0 Å². The maximum absolute atomic E-state index is 12.2. The second-order valence-corrected chi connectivity index (χ2v) is 4.98. The van der Waals surface area contributed by atoms with Crippen LogP contribution in [0.2, 0.25) is 5.02 Å². The third-order valence-electron chi connectivity index (χ3n) is 3.07. The molecular formula is C13H17ClN2O. The number of benzene rings is 1. The summed E-state index contributed by atoms with van der Waals surface area (Å²) in [6, 6.07) is 5.84. The van der Waals surface area contributed by atoms with Gasteiger partial charge in [0.15, 0.2) is 0 Å². The van der Waals surface area contributed by atoms with E-state index in [4.69, 9.17) is 11.6 Å². The normalized spacial score (nSPS) is 20.4. The predicted molar refractivity (Wildman–Crippen MR) is 69.6 cm³/mol. The van der Waals surface area contributed by atoms with Gasteiger partial charge in [0.25, 0.3) is 5.91 Å². The number of carbonyl (C=O) groups is 1. The number of rotatable bonds is 1. The molecule has 1 atom stereocenters. The number of carbonyl (C=O) groups excluding carboxylic acids is 1. The topological polar surface area (TPSA) is 32.3 Å². The van der Waals surface area contributed by atoms with Crippen molar-refractivity contribution in [2.45, 2.75) is 19.9 Å². The van der Waals surface area contributed by atoms with Crippen LogP contribution in [0.3, 0.4) is 0 Å². The van der Waals surface area contributed by atoms with Gasteiger partial charge < -0.3 is 10.2 Å². The highest BCUT2D eigenvalue weighted by Crippen LogP contribution is 2.18. The fourth-order valence-electron chi connectivity index (χ4n) is 2.03. The first-order chi connectivity index (χ1) is 8.08. The van der Waals surface area contributed by atoms with Gasteiger partial charge >= 0.3 is 0 Å². The van der Waals surface area contributed by atoms with Gasteiger partial charge in [-0.05, 0) is 31.5 Å². The monoisotopic (exact) mass is 252 g/mol. The van der Waals surface area contributed by atoms with E-state index >= 15 is 0 Å². The fourth-order valence-corrected chi connectivity index (χ4v) is 2.21. The number of aryl methyl sites for hydroxylation is 1. The lowest BCUT2D eigenvalue weighted by Gasteiger charge is -2.32. The summed E-state index contributed by atoms with van der Waals surface area (Å²) in [7, 11) is 0. The average Bonchev–Trinajstić information content (AvgIpc) is 2.32. The fraction of sp³-hybridized carbons (Fsp3) is 0.462. The molecule has 92 valence electrons. The van der Waals surface area contributed by atoms with E-state index in [1.54, 1.807) is 6.07 Å². The molecule has 17 heavy (non-hydrogen) atoms. The number of nitrogens with zero attached hydrogens (tertiary/aromatic N) is 1. The van der Waals surface area contributed by atoms with E-state index in [1.807, 2.05) is 24.0 Å². The molecule has 1 fully saturated rings. The highest BCUT2D eigenvalue weighted by Gasteiger charge is 2.21. The summed E-state index contributed by atoms with van der Waals surface area (Å²) < 4.78 is 0. The van der Waals surface area contributed by atoms with Gasteiger partial charge in [-0.15, -0.1) is 0 Å². The Morgan fingerprint density at radius 3 is 2.94 bits per heavy atom. The van der Waals surface area contributed by atoms with Gasteiger partial charge in [0, 0.05) is 36.3 Å². The SMILES string of the molecule is Cc1ccc(C(=O)N2CCN[C@@H](C)C2)cc1Cl. The largest absolute Gasteiger partial charge is 0.336 e. The molecule has 1 heterocycles. The van der Waals surface area contributed by atoms with Gasteiger partial charge in [-0.1, -0.05) is 17.7 Å². The van der Waals surface area contributed by atoms with Crippen molar-refractivity contribution in [1.82, 2.24) is 10.2 Å². The van der Waals surface area contributed by atoms with Crippen LogP contribution in [0.25, 0.3) is 0 Å². The van der Waals surface area contributed by atoms with Crippen LogP contribution < -0.4 is 5.32 Å². The molecule has 4 heteroatoms. The van der Waals surface area contributed by atoms with E-state index < -0.39 is 0 Å². The van der Waals surface area contributed by atoms with Gasteiger partial charge in [0.1, 0.15) is 0 Å². The van der Waals surface area contributed by atoms with Crippen molar-refractivity contribution in [3.05, 3.63) is 34.3 Å². The van der Waals surface area contributed by atoms with E-state index in [2.05, 4.69) is 12.2 Å². The second-order valence-electron chi connectivity index (χ2n) is 4.57. The Morgan fingerprint density at radius 1 is 1.53 bits per heavy atom. The van der Waals surface area contributed by atoms with Crippen LogP contribution in [-0.4, -0.2) is 36.5 Å². The zero-order valence-corrected chi connectivity index (χ0v) is 10.9. The van der Waals surface area contributed by atoms with Crippen LogP contribution in [0.4, 0.5) is 0 Å². The maximum Gasteiger partial charge on any atom is 0.254 e. The van der Waals surface area contributed by atoms with Crippen molar-refractivity contribution in [2.24, 2.45) is 0 Å². The lowest BCUT2D eigenvalue weighted by atomic mass is 10.1. The van der Waals surface area contributed by atoms with Gasteiger partial charge in [0.05, 0.1) is 0 Å². The van der Waals surface area contributed by atoms with Crippen molar-refractivity contribution in [2.75, 3.05) is 19.6 Å². The minimum Gasteiger partial charge on any atom is -0.336 e. The Balaban J connectivity index is 2.15. The molecule has 2 rings (SSSR count). The van der Waals surface area contributed by atoms with Crippen LogP contribution in [0.15, 0.2) is 18.2 Å². The molecule has 1 aromatic carbocycles. The van der Waals surface area contributed by atoms with E-state index in [0.717, 1.165) is 25.2 Å². The predicted octanol–water partition coefficient (Wildman–Crippen LogP) is 2.08. The number of amides is 1. The van der Waals surface area contributed by atoms with Crippen molar-refractivity contribution < 1.29 is 4.79 Å². The zero-order valence-electron chi connectivity index (χ0n) is 10.2. The standard InChI is InChI=1S/C13H17ClN2O/c1-9-3-4-11(7-12(9)14)13(17)16-6-5-15-10(2)8-16/h3-4,7,10,15H,5-6,8H2,1-2H3/t10-/m0/s1. The number of halogens is 1. The minimum absolute atomic E-state index is 0.0697. The second kappa shape index (κ2) is 5.07. The van der Waals surface area contributed by atoms with Crippen LogP contribution in [0, 0.1) is 6.92 Å². The first-order valence-corrected chi connectivity index (χ1v) is 6.24. The van der Waals surface area contributed by atoms with E-state index in [9.17, 15) is 4.79 Å². The highest BCUT2D eigenvalue weighted by molar-refractivity contribution is 6.31. The maximum atomic E-state index is 12.2. The van der Waals surface area contributed by atoms with Crippen LogP contribution >= 0.6 is 11.6 Å². The molecule has 1 aliphatic rings. The molecule has 0 spiro atoms. The molecule has 0 bridgehead atoms. The van der Waals surface area contributed by atoms with E-state index in [-0.39, 0.29) is 5.91 Å². The Labute approximate surface area is 107 Å². The molecule has 0 aromatic heterocycles. The third kappa shape index (κ3) is 2.79. The van der Waals surface area contributed by atoms with Gasteiger partial charge in [0.2, 0.25) is 0 Å². The molecule has 0 radical (unpaired) electrons. The number of nitrogens with one attached hydrogen (secondary N) is 1. The molecule has 1 amide bonds. The summed E-state index contributed by atoms with van der Waals surface area (Å²) in [5, 5.41) is 3.97. The molecule has 3 nitrogen and oxygen atoms in total. The first-order valence-electron chi connectivity index (χ1n) is 5.87. The zero-order chi connectivity index (χ0) is 12.4. The number of piperazine rings is 1. The summed E-state index contributed by atoms with van der Waals surface area (Å²) >= 11 is 6.04. The highest BCUT2D eigenvalue weighted by atomic mass is 35.5. The number of hydrogen-bond donors (Lipinski definition) is 1. The van der Waals surface area contributed by atoms with Crippen molar-refractivity contribution in [1.29, 1.82) is 0 Å². The van der Waals surface area contributed by atoms with Gasteiger partial charge in [-0.25, -0.2) is 0 Å². The summed E-state index contributed by atoms with van der Waals surface area (Å²) in [4.78, 5) is 14.1. The van der Waals surface area contributed by atoms with Crippen LogP contribution in [-0.2, 0) is 0 Å². The summed E-state index contributed by atoms with van der Waals surface area (Å²) in [6.45, 7) is 6.39. The van der Waals surface area contributed by atoms with Crippen molar-refractivity contribution >= 4 is 17.5 Å². The third-order valence-corrected chi connectivity index (χ3v) is 3.48. The molecule has 1 saturated heterocycles. The molecule has 0 saturated carbocycles. The van der Waals surface area contributed by atoms with Crippen LogP contribution in [0.1, 0.15) is 22.8 Å². The minimum atomic E-state index is 0.0697. The van der Waals surface area contributed by atoms with E-state index in [0.29, 0.717) is 16.6 Å². The smallest absolute Gasteiger partial charge is 0.254 e. The Morgan fingerprint density at radius 2 is 2.29 bits per heavy atom. The Hall–Kier alpha value is -1.06. The molecule has 0 aliphatic carbocycles. The Kier molecular flexibility index (Phi) is 3.69. The average molecular weight is 253 g/mol. The molecule has 1 N–H and O–H groups in total. The first kappa shape index (κ1) is 12.4. The summed E-state index contributed by atoms with van der Waals surface area (Å²) in [6.07, 6.45) is 0. The summed E-state index contributed by atoms with van der Waals surface area (Å²) in [5.74, 6) is 0.0697. The van der Waals surface area contributed by atoms with Crippen LogP contribution in [0.5, 0.6) is 0 Å². The van der Waals surface area contributed by atoms with E-state index in [1.165, 1.54) is 0 Å². The summed E-state index contributed by atoms with van der Waals surface area (Å²) in [5.41, 5.74) is 1.67. The lowest BCUT2D eigenvalue weighted by Crippen LogP contribution is -2.51. The number of hydrogen-bond acceptors (Lipinski definition) is 2. The van der Waals surface area contributed by atoms with Crippen molar-refractivity contribution in [3.63, 3.8) is 0 Å². The quantitative estimate of drug-likeness (QED) is 0.830.